The molecule has 0 bridgehead atoms. The number of aryl methyl sites for hydroxylation is 1. The standard InChI is InChI=1S/C13H15NO/c1-2-12(10-14)13(15)9-8-11-6-4-3-5-7-11/h3-7,12H,2,8-9H2,1H3. The van der Waals surface area contributed by atoms with E-state index in [1.807, 2.05) is 43.3 Å². The van der Waals surface area contributed by atoms with E-state index in [9.17, 15) is 4.79 Å². The van der Waals surface area contributed by atoms with Gasteiger partial charge < -0.3 is 0 Å². The van der Waals surface area contributed by atoms with E-state index in [1.54, 1.807) is 0 Å². The van der Waals surface area contributed by atoms with Crippen molar-refractivity contribution in [1.82, 2.24) is 0 Å². The maximum Gasteiger partial charge on any atom is 0.150 e. The average molecular weight is 201 g/mol. The second-order valence-corrected chi connectivity index (χ2v) is 3.54. The van der Waals surface area contributed by atoms with Crippen molar-refractivity contribution < 1.29 is 4.79 Å². The summed E-state index contributed by atoms with van der Waals surface area (Å²) in [6.45, 7) is 1.87. The van der Waals surface area contributed by atoms with E-state index in [2.05, 4.69) is 0 Å². The highest BCUT2D eigenvalue weighted by Gasteiger charge is 2.14. The Morgan fingerprint density at radius 3 is 2.60 bits per heavy atom. The molecule has 2 nitrogen and oxygen atoms in total. The highest BCUT2D eigenvalue weighted by Crippen LogP contribution is 2.09. The predicted octanol–water partition coefficient (Wildman–Crippen LogP) is 2.74. The lowest BCUT2D eigenvalue weighted by Crippen LogP contribution is -2.12. The first kappa shape index (κ1) is 11.5. The van der Waals surface area contributed by atoms with Gasteiger partial charge in [-0.2, -0.15) is 5.26 Å². The summed E-state index contributed by atoms with van der Waals surface area (Å²) in [5.74, 6) is -0.363. The van der Waals surface area contributed by atoms with Crippen LogP contribution in [0.25, 0.3) is 0 Å². The summed E-state index contributed by atoms with van der Waals surface area (Å²) < 4.78 is 0. The van der Waals surface area contributed by atoms with Gasteiger partial charge in [0.15, 0.2) is 0 Å². The molecule has 0 radical (unpaired) electrons. The molecule has 1 unspecified atom stereocenters. The van der Waals surface area contributed by atoms with E-state index in [0.717, 1.165) is 12.0 Å². The topological polar surface area (TPSA) is 40.9 Å². The van der Waals surface area contributed by atoms with Crippen LogP contribution in [-0.4, -0.2) is 5.78 Å². The van der Waals surface area contributed by atoms with E-state index in [0.29, 0.717) is 12.8 Å². The molecular formula is C13H15NO. The summed E-state index contributed by atoms with van der Waals surface area (Å²) in [6, 6.07) is 11.9. The molecule has 1 aromatic carbocycles. The van der Waals surface area contributed by atoms with Gasteiger partial charge >= 0.3 is 0 Å². The van der Waals surface area contributed by atoms with Crippen LogP contribution in [0, 0.1) is 17.2 Å². The number of carbonyl (C=O) groups is 1. The maximum absolute atomic E-state index is 11.6. The smallest absolute Gasteiger partial charge is 0.150 e. The zero-order chi connectivity index (χ0) is 11.1. The number of ketones is 1. The van der Waals surface area contributed by atoms with Gasteiger partial charge in [-0.05, 0) is 18.4 Å². The van der Waals surface area contributed by atoms with Gasteiger partial charge in [0.1, 0.15) is 11.7 Å². The molecule has 78 valence electrons. The minimum Gasteiger partial charge on any atom is -0.298 e. The molecule has 15 heavy (non-hydrogen) atoms. The van der Waals surface area contributed by atoms with E-state index in [1.165, 1.54) is 0 Å². The Balaban J connectivity index is 2.45. The third-order valence-electron chi connectivity index (χ3n) is 2.46. The summed E-state index contributed by atoms with van der Waals surface area (Å²) in [4.78, 5) is 11.6. The number of hydrogen-bond acceptors (Lipinski definition) is 2. The number of nitrogens with zero attached hydrogens (tertiary/aromatic N) is 1. The highest BCUT2D eigenvalue weighted by molar-refractivity contribution is 5.83. The van der Waals surface area contributed by atoms with E-state index in [-0.39, 0.29) is 5.78 Å². The van der Waals surface area contributed by atoms with E-state index >= 15 is 0 Å². The van der Waals surface area contributed by atoms with Crippen molar-refractivity contribution in [1.29, 1.82) is 5.26 Å². The van der Waals surface area contributed by atoms with E-state index in [4.69, 9.17) is 5.26 Å². The molecule has 0 heterocycles. The molecule has 0 saturated carbocycles. The fourth-order valence-electron chi connectivity index (χ4n) is 1.48. The Morgan fingerprint density at radius 2 is 2.07 bits per heavy atom. The number of benzene rings is 1. The monoisotopic (exact) mass is 201 g/mol. The third-order valence-corrected chi connectivity index (χ3v) is 2.46. The Kier molecular flexibility index (Phi) is 4.56. The first-order chi connectivity index (χ1) is 7.27. The molecule has 0 amide bonds. The molecule has 0 aromatic heterocycles. The molecule has 0 spiro atoms. The zero-order valence-electron chi connectivity index (χ0n) is 8.94. The highest BCUT2D eigenvalue weighted by atomic mass is 16.1. The van der Waals surface area contributed by atoms with Gasteiger partial charge in [-0.25, -0.2) is 0 Å². The molecule has 2 heteroatoms. The van der Waals surface area contributed by atoms with Crippen LogP contribution in [0.15, 0.2) is 30.3 Å². The molecule has 0 aliphatic carbocycles. The molecule has 0 aliphatic heterocycles. The van der Waals surface area contributed by atoms with Crippen LogP contribution in [-0.2, 0) is 11.2 Å². The lowest BCUT2D eigenvalue weighted by Gasteiger charge is -2.04. The van der Waals surface area contributed by atoms with Gasteiger partial charge in [-0.3, -0.25) is 4.79 Å². The van der Waals surface area contributed by atoms with Gasteiger partial charge in [-0.1, -0.05) is 37.3 Å². The van der Waals surface area contributed by atoms with Gasteiger partial charge in [-0.15, -0.1) is 0 Å². The average Bonchev–Trinajstić information content (AvgIpc) is 2.29. The quantitative estimate of drug-likeness (QED) is 0.735. The summed E-state index contributed by atoms with van der Waals surface area (Å²) in [7, 11) is 0. The zero-order valence-corrected chi connectivity index (χ0v) is 8.94. The van der Waals surface area contributed by atoms with Crippen LogP contribution in [0.3, 0.4) is 0 Å². The van der Waals surface area contributed by atoms with Crippen LogP contribution < -0.4 is 0 Å². The van der Waals surface area contributed by atoms with Gasteiger partial charge in [0, 0.05) is 6.42 Å². The Labute approximate surface area is 90.5 Å². The summed E-state index contributed by atoms with van der Waals surface area (Å²) in [5, 5.41) is 8.72. The van der Waals surface area contributed by atoms with Crippen molar-refractivity contribution in [2.45, 2.75) is 26.2 Å². The molecule has 1 aromatic rings. The first-order valence-electron chi connectivity index (χ1n) is 5.24. The van der Waals surface area contributed by atoms with E-state index < -0.39 is 5.92 Å². The van der Waals surface area contributed by atoms with Crippen LogP contribution >= 0.6 is 0 Å². The van der Waals surface area contributed by atoms with Crippen molar-refractivity contribution in [2.75, 3.05) is 0 Å². The van der Waals surface area contributed by atoms with Crippen LogP contribution in [0.4, 0.5) is 0 Å². The number of hydrogen-bond donors (Lipinski definition) is 0. The fraction of sp³-hybridized carbons (Fsp3) is 0.385. The molecular weight excluding hydrogens is 186 g/mol. The van der Waals surface area contributed by atoms with Crippen molar-refractivity contribution in [3.8, 4) is 6.07 Å². The molecule has 0 saturated heterocycles. The largest absolute Gasteiger partial charge is 0.298 e. The van der Waals surface area contributed by atoms with Gasteiger partial charge in [0.25, 0.3) is 0 Å². The molecule has 1 atom stereocenters. The summed E-state index contributed by atoms with van der Waals surface area (Å²) >= 11 is 0. The number of nitriles is 1. The summed E-state index contributed by atoms with van der Waals surface area (Å²) in [5.41, 5.74) is 1.15. The second-order valence-electron chi connectivity index (χ2n) is 3.54. The minimum absolute atomic E-state index is 0.0591. The lowest BCUT2D eigenvalue weighted by atomic mass is 9.97. The number of carbonyl (C=O) groups excluding carboxylic acids is 1. The van der Waals surface area contributed by atoms with Gasteiger partial charge in [0.2, 0.25) is 0 Å². The first-order valence-corrected chi connectivity index (χ1v) is 5.24. The van der Waals surface area contributed by atoms with Crippen LogP contribution in [0.5, 0.6) is 0 Å². The molecule has 0 aliphatic rings. The van der Waals surface area contributed by atoms with Crippen LogP contribution in [0.2, 0.25) is 0 Å². The third kappa shape index (κ3) is 3.55. The number of rotatable bonds is 5. The fourth-order valence-corrected chi connectivity index (χ4v) is 1.48. The Hall–Kier alpha value is -1.62. The van der Waals surface area contributed by atoms with Gasteiger partial charge in [0.05, 0.1) is 6.07 Å². The Morgan fingerprint density at radius 1 is 1.40 bits per heavy atom. The minimum atomic E-state index is -0.422. The number of Topliss-reactive ketones (excluding diaryl/α,β-unsaturated/α-hetero) is 1. The normalized spacial score (nSPS) is 11.7. The second kappa shape index (κ2) is 5.98. The Bertz CT molecular complexity index is 351. The maximum atomic E-state index is 11.6. The van der Waals surface area contributed by atoms with Crippen LogP contribution in [0.1, 0.15) is 25.3 Å². The van der Waals surface area contributed by atoms with Crippen molar-refractivity contribution in [3.63, 3.8) is 0 Å². The lowest BCUT2D eigenvalue weighted by molar-refractivity contribution is -0.121. The molecule has 0 N–H and O–H groups in total. The molecule has 1 rings (SSSR count). The van der Waals surface area contributed by atoms with Crippen molar-refractivity contribution in [2.24, 2.45) is 5.92 Å². The van der Waals surface area contributed by atoms with Crippen molar-refractivity contribution in [3.05, 3.63) is 35.9 Å². The predicted molar refractivity (Wildman–Crippen MR) is 59.2 cm³/mol. The van der Waals surface area contributed by atoms with Crippen molar-refractivity contribution >= 4 is 5.78 Å². The molecule has 0 fully saturated rings. The summed E-state index contributed by atoms with van der Waals surface area (Å²) in [6.07, 6.45) is 1.82. The SMILES string of the molecule is CCC(C#N)C(=O)CCc1ccccc1.